The molecule has 0 fully saturated rings. The van der Waals surface area contributed by atoms with Crippen LogP contribution in [0.15, 0.2) is 62.2 Å². The van der Waals surface area contributed by atoms with Crippen molar-refractivity contribution in [2.24, 2.45) is 11.7 Å². The number of pyridine rings is 2. The van der Waals surface area contributed by atoms with Crippen molar-refractivity contribution in [2.45, 2.75) is 19.4 Å². The quantitative estimate of drug-likeness (QED) is 0.694. The summed E-state index contributed by atoms with van der Waals surface area (Å²) in [5, 5.41) is 2.84. The van der Waals surface area contributed by atoms with Crippen LogP contribution in [0.25, 0.3) is 11.1 Å². The van der Waals surface area contributed by atoms with Crippen molar-refractivity contribution in [1.29, 1.82) is 0 Å². The number of hydrogen-bond acceptors (Lipinski definition) is 5. The van der Waals surface area contributed by atoms with Crippen molar-refractivity contribution in [1.82, 2.24) is 9.97 Å². The van der Waals surface area contributed by atoms with Gasteiger partial charge in [0.1, 0.15) is 6.10 Å². The van der Waals surface area contributed by atoms with Crippen molar-refractivity contribution >= 4 is 17.7 Å². The molecule has 2 heterocycles. The van der Waals surface area contributed by atoms with Crippen LogP contribution in [0.4, 0.5) is 10.5 Å². The van der Waals surface area contributed by atoms with Gasteiger partial charge in [-0.1, -0.05) is 19.1 Å². The fraction of sp³-hybridized carbons (Fsp3) is 0.200. The third-order valence-electron chi connectivity index (χ3n) is 3.93. The van der Waals surface area contributed by atoms with Crippen molar-refractivity contribution in [2.75, 3.05) is 5.32 Å². The minimum absolute atomic E-state index is 0.190. The van der Waals surface area contributed by atoms with E-state index in [1.54, 1.807) is 49.9 Å². The van der Waals surface area contributed by atoms with E-state index in [0.717, 1.165) is 11.1 Å². The van der Waals surface area contributed by atoms with Crippen LogP contribution < -0.4 is 11.1 Å². The summed E-state index contributed by atoms with van der Waals surface area (Å²) in [6.45, 7) is 9.05. The highest BCUT2D eigenvalue weighted by Gasteiger charge is 2.17. The van der Waals surface area contributed by atoms with E-state index >= 15 is 0 Å². The lowest BCUT2D eigenvalue weighted by Gasteiger charge is -2.17. The van der Waals surface area contributed by atoms with Crippen LogP contribution in [0.5, 0.6) is 0 Å². The number of amides is 2. The number of carbonyl (C=O) groups excluding carboxylic acids is 2. The zero-order valence-electron chi connectivity index (χ0n) is 15.1. The number of primary amides is 1. The Hall–Kier alpha value is -3.48. The zero-order chi connectivity index (χ0) is 19.8. The van der Waals surface area contributed by atoms with E-state index in [0.29, 0.717) is 17.7 Å². The summed E-state index contributed by atoms with van der Waals surface area (Å²) < 4.78 is 5.14. The van der Waals surface area contributed by atoms with E-state index in [1.165, 1.54) is 0 Å². The third-order valence-corrected chi connectivity index (χ3v) is 3.93. The first kappa shape index (κ1) is 19.8. The molecule has 140 valence electrons. The number of nitrogens with two attached hydrogens (primary N) is 1. The molecule has 7 heteroatoms. The van der Waals surface area contributed by atoms with Gasteiger partial charge in [0.25, 0.3) is 0 Å². The fourth-order valence-corrected chi connectivity index (χ4v) is 2.42. The molecule has 0 aliphatic rings. The molecule has 2 aromatic heterocycles. The summed E-state index contributed by atoms with van der Waals surface area (Å²) in [6, 6.07) is 3.60. The number of carbonyl (C=O) groups is 2. The average Bonchev–Trinajstić information content (AvgIpc) is 2.67. The van der Waals surface area contributed by atoms with Gasteiger partial charge in [-0.25, -0.2) is 4.79 Å². The van der Waals surface area contributed by atoms with Crippen LogP contribution in [0.1, 0.15) is 25.0 Å². The van der Waals surface area contributed by atoms with Gasteiger partial charge >= 0.3 is 6.09 Å². The monoisotopic (exact) mass is 366 g/mol. The Labute approximate surface area is 158 Å². The highest BCUT2D eigenvalue weighted by molar-refractivity contribution is 5.97. The highest BCUT2D eigenvalue weighted by atomic mass is 16.6. The van der Waals surface area contributed by atoms with Gasteiger partial charge in [-0.3, -0.25) is 14.8 Å². The Bertz CT molecular complexity index is 851. The number of ether oxygens (including phenoxy) is 1. The second-order valence-corrected chi connectivity index (χ2v) is 5.89. The number of nitrogens with zero attached hydrogens (tertiary/aromatic N) is 2. The molecule has 0 saturated heterocycles. The van der Waals surface area contributed by atoms with Crippen LogP contribution in [-0.4, -0.2) is 22.0 Å². The first-order valence-electron chi connectivity index (χ1n) is 8.36. The largest absolute Gasteiger partial charge is 0.441 e. The normalized spacial score (nSPS) is 12.5. The number of hydrogen-bond donors (Lipinski definition) is 2. The number of nitrogens with one attached hydrogen (secondary N) is 1. The van der Waals surface area contributed by atoms with Gasteiger partial charge in [0.15, 0.2) is 0 Å². The zero-order valence-corrected chi connectivity index (χ0v) is 15.1. The second kappa shape index (κ2) is 9.28. The van der Waals surface area contributed by atoms with Crippen LogP contribution >= 0.6 is 0 Å². The smallest absolute Gasteiger partial charge is 0.405 e. The third kappa shape index (κ3) is 5.24. The molecular weight excluding hydrogens is 344 g/mol. The lowest BCUT2D eigenvalue weighted by Crippen LogP contribution is -2.19. The highest BCUT2D eigenvalue weighted by Crippen LogP contribution is 2.30. The van der Waals surface area contributed by atoms with Crippen molar-refractivity contribution < 1.29 is 14.3 Å². The molecule has 0 aliphatic heterocycles. The van der Waals surface area contributed by atoms with E-state index in [2.05, 4.69) is 28.4 Å². The van der Waals surface area contributed by atoms with Gasteiger partial charge in [0.2, 0.25) is 5.91 Å². The molecule has 0 bridgehead atoms. The minimum atomic E-state index is -0.873. The first-order chi connectivity index (χ1) is 13.0. The van der Waals surface area contributed by atoms with E-state index in [-0.39, 0.29) is 11.8 Å². The molecule has 0 aliphatic carbocycles. The average molecular weight is 366 g/mol. The standard InChI is InChI=1S/C20H22N4O3/c1-4-6-18(27-20(21)26)15-9-14(10-23-11-15)16-7-8-22-12-17(16)24-19(25)13(3)5-2/h4-5,7-13,18H,1-2,6H2,3H3,(H2,21,26)(H,24,25). The Kier molecular flexibility index (Phi) is 6.82. The molecule has 0 saturated carbocycles. The Morgan fingerprint density at radius 2 is 2.07 bits per heavy atom. The fourth-order valence-electron chi connectivity index (χ4n) is 2.42. The summed E-state index contributed by atoms with van der Waals surface area (Å²) >= 11 is 0. The van der Waals surface area contributed by atoms with E-state index in [1.807, 2.05) is 6.07 Å². The van der Waals surface area contributed by atoms with Gasteiger partial charge < -0.3 is 15.8 Å². The van der Waals surface area contributed by atoms with Crippen molar-refractivity contribution in [3.8, 4) is 11.1 Å². The van der Waals surface area contributed by atoms with Crippen LogP contribution in [0.3, 0.4) is 0 Å². The Balaban J connectivity index is 2.39. The molecule has 3 N–H and O–H groups in total. The lowest BCUT2D eigenvalue weighted by atomic mass is 10.0. The molecule has 2 unspecified atom stereocenters. The first-order valence-corrected chi connectivity index (χ1v) is 8.36. The summed E-state index contributed by atoms with van der Waals surface area (Å²) in [5.41, 5.74) is 7.84. The predicted octanol–water partition coefficient (Wildman–Crippen LogP) is 3.62. The molecule has 2 amide bonds. The predicted molar refractivity (Wildman–Crippen MR) is 104 cm³/mol. The summed E-state index contributed by atoms with van der Waals surface area (Å²) in [6.07, 6.45) is 8.57. The summed E-state index contributed by atoms with van der Waals surface area (Å²) in [4.78, 5) is 31.7. The number of aromatic nitrogens is 2. The molecule has 2 rings (SSSR count). The minimum Gasteiger partial charge on any atom is -0.441 e. The van der Waals surface area contributed by atoms with Crippen LogP contribution in [0, 0.1) is 5.92 Å². The van der Waals surface area contributed by atoms with E-state index in [9.17, 15) is 9.59 Å². The van der Waals surface area contributed by atoms with Gasteiger partial charge in [-0.2, -0.15) is 0 Å². The molecule has 27 heavy (non-hydrogen) atoms. The van der Waals surface area contributed by atoms with Gasteiger partial charge in [-0.05, 0) is 12.1 Å². The summed E-state index contributed by atoms with van der Waals surface area (Å²) in [7, 11) is 0. The van der Waals surface area contributed by atoms with Gasteiger partial charge in [-0.15, -0.1) is 13.2 Å². The maximum atomic E-state index is 12.2. The maximum absolute atomic E-state index is 12.2. The van der Waals surface area contributed by atoms with Crippen molar-refractivity contribution in [3.05, 3.63) is 67.8 Å². The lowest BCUT2D eigenvalue weighted by molar-refractivity contribution is -0.118. The topological polar surface area (TPSA) is 107 Å². The number of rotatable bonds is 8. The number of anilines is 1. The molecule has 0 spiro atoms. The molecule has 2 atom stereocenters. The van der Waals surface area contributed by atoms with Crippen LogP contribution in [-0.2, 0) is 9.53 Å². The van der Waals surface area contributed by atoms with Gasteiger partial charge in [0, 0.05) is 41.7 Å². The molecule has 0 radical (unpaired) electrons. The van der Waals surface area contributed by atoms with E-state index < -0.39 is 12.2 Å². The molecule has 2 aromatic rings. The van der Waals surface area contributed by atoms with Crippen molar-refractivity contribution in [3.63, 3.8) is 0 Å². The maximum Gasteiger partial charge on any atom is 0.405 e. The molecular formula is C20H22N4O3. The Morgan fingerprint density at radius 3 is 2.74 bits per heavy atom. The van der Waals surface area contributed by atoms with E-state index in [4.69, 9.17) is 10.5 Å². The molecule has 7 nitrogen and oxygen atoms in total. The van der Waals surface area contributed by atoms with Gasteiger partial charge in [0.05, 0.1) is 17.8 Å². The van der Waals surface area contributed by atoms with Crippen LogP contribution in [0.2, 0.25) is 0 Å². The summed E-state index contributed by atoms with van der Waals surface area (Å²) in [5.74, 6) is -0.534. The SMILES string of the molecule is C=CCC(OC(N)=O)c1cncc(-c2ccncc2NC(=O)C(C)C=C)c1. The Morgan fingerprint density at radius 1 is 1.30 bits per heavy atom. The second-order valence-electron chi connectivity index (χ2n) is 5.89. The molecule has 0 aromatic carbocycles.